The number of piperidine rings is 3. The number of benzene rings is 1. The molecular weight excluding hydrogens is 342 g/mol. The van der Waals surface area contributed by atoms with Gasteiger partial charge in [0, 0.05) is 26.1 Å². The van der Waals surface area contributed by atoms with Crippen molar-refractivity contribution < 1.29 is 14.3 Å². The lowest BCUT2D eigenvalue weighted by Crippen LogP contribution is -2.50. The molecule has 1 unspecified atom stereocenters. The van der Waals surface area contributed by atoms with Gasteiger partial charge in [-0.1, -0.05) is 11.6 Å². The molecule has 2 amide bonds. The molecule has 25 heavy (non-hydrogen) atoms. The first kappa shape index (κ1) is 18.0. The number of nitrogens with one attached hydrogen (secondary N) is 2. The van der Waals surface area contributed by atoms with Crippen molar-refractivity contribution in [3.8, 4) is 5.75 Å². The average molecular weight is 366 g/mol. The Kier molecular flexibility index (Phi) is 5.49. The Morgan fingerprint density at radius 2 is 2.04 bits per heavy atom. The molecule has 1 atom stereocenters. The van der Waals surface area contributed by atoms with Crippen molar-refractivity contribution >= 4 is 29.1 Å². The molecule has 4 rings (SSSR count). The van der Waals surface area contributed by atoms with Crippen LogP contribution in [-0.4, -0.2) is 50.0 Å². The van der Waals surface area contributed by atoms with E-state index in [9.17, 15) is 9.59 Å². The molecule has 0 radical (unpaired) electrons. The van der Waals surface area contributed by atoms with Crippen LogP contribution in [0, 0.1) is 11.8 Å². The van der Waals surface area contributed by atoms with E-state index >= 15 is 0 Å². The van der Waals surface area contributed by atoms with Gasteiger partial charge in [0.25, 0.3) is 5.91 Å². The topological polar surface area (TPSA) is 70.7 Å². The Morgan fingerprint density at radius 1 is 1.32 bits per heavy atom. The Bertz CT molecular complexity index is 672. The molecular formula is C18H24ClN3O3. The summed E-state index contributed by atoms with van der Waals surface area (Å²) in [6.07, 6.45) is 2.45. The van der Waals surface area contributed by atoms with Gasteiger partial charge in [0.1, 0.15) is 5.75 Å². The third kappa shape index (κ3) is 4.07. The maximum atomic E-state index is 12.6. The molecule has 3 fully saturated rings. The number of amides is 2. The highest BCUT2D eigenvalue weighted by atomic mass is 35.5. The summed E-state index contributed by atoms with van der Waals surface area (Å²) in [5.41, 5.74) is 0.808. The summed E-state index contributed by atoms with van der Waals surface area (Å²) in [5.74, 6) is 1.16. The lowest BCUT2D eigenvalue weighted by molar-refractivity contribution is -0.114. The fourth-order valence-corrected chi connectivity index (χ4v) is 4.03. The summed E-state index contributed by atoms with van der Waals surface area (Å²) >= 11 is 6.19. The van der Waals surface area contributed by atoms with Crippen LogP contribution in [0.2, 0.25) is 5.02 Å². The van der Waals surface area contributed by atoms with E-state index in [0.717, 1.165) is 6.54 Å². The predicted molar refractivity (Wildman–Crippen MR) is 97.3 cm³/mol. The number of rotatable bonds is 5. The Morgan fingerprint density at radius 3 is 2.60 bits per heavy atom. The average Bonchev–Trinajstić information content (AvgIpc) is 2.61. The van der Waals surface area contributed by atoms with E-state index in [1.165, 1.54) is 46.0 Å². The first-order valence-electron chi connectivity index (χ1n) is 8.63. The lowest BCUT2D eigenvalue weighted by atomic mass is 9.79. The van der Waals surface area contributed by atoms with Gasteiger partial charge in [-0.25, -0.2) is 0 Å². The molecule has 1 aromatic rings. The highest BCUT2D eigenvalue weighted by Crippen LogP contribution is 2.33. The number of ether oxygens (including phenoxy) is 1. The molecule has 0 aromatic heterocycles. The highest BCUT2D eigenvalue weighted by Gasteiger charge is 2.34. The number of carbonyl (C=O) groups is 2. The van der Waals surface area contributed by atoms with E-state index in [-0.39, 0.29) is 11.8 Å². The molecule has 3 aliphatic rings. The molecule has 0 spiro atoms. The van der Waals surface area contributed by atoms with Crippen LogP contribution in [0.25, 0.3) is 0 Å². The molecule has 1 aromatic carbocycles. The van der Waals surface area contributed by atoms with Crippen LogP contribution < -0.4 is 15.4 Å². The summed E-state index contributed by atoms with van der Waals surface area (Å²) < 4.78 is 5.31. The third-order valence-electron chi connectivity index (χ3n) is 5.16. The summed E-state index contributed by atoms with van der Waals surface area (Å²) in [5, 5.41) is 5.96. The van der Waals surface area contributed by atoms with Gasteiger partial charge in [0.2, 0.25) is 5.91 Å². The van der Waals surface area contributed by atoms with Gasteiger partial charge in [-0.2, -0.15) is 0 Å². The molecule has 7 heteroatoms. The molecule has 6 nitrogen and oxygen atoms in total. The van der Waals surface area contributed by atoms with Crippen LogP contribution in [0.3, 0.4) is 0 Å². The van der Waals surface area contributed by atoms with E-state index in [1.54, 1.807) is 6.07 Å². The zero-order chi connectivity index (χ0) is 18.0. The van der Waals surface area contributed by atoms with Crippen molar-refractivity contribution in [2.24, 2.45) is 11.8 Å². The van der Waals surface area contributed by atoms with Gasteiger partial charge in [0.15, 0.2) is 0 Å². The Hall–Kier alpha value is -1.79. The highest BCUT2D eigenvalue weighted by molar-refractivity contribution is 6.34. The van der Waals surface area contributed by atoms with Crippen LogP contribution in [-0.2, 0) is 4.79 Å². The van der Waals surface area contributed by atoms with Crippen molar-refractivity contribution in [3.05, 3.63) is 22.7 Å². The smallest absolute Gasteiger partial charge is 0.255 e. The second-order valence-electron chi connectivity index (χ2n) is 6.82. The number of fused-ring (bicyclic) bond motifs is 3. The fraction of sp³-hybridized carbons (Fsp3) is 0.556. The zero-order valence-corrected chi connectivity index (χ0v) is 15.4. The lowest BCUT2D eigenvalue weighted by Gasteiger charge is -2.44. The number of methoxy groups -OCH3 is 1. The van der Waals surface area contributed by atoms with Crippen molar-refractivity contribution in [3.63, 3.8) is 0 Å². The van der Waals surface area contributed by atoms with Gasteiger partial charge in [-0.05, 0) is 43.8 Å². The second-order valence-corrected chi connectivity index (χ2v) is 7.23. The van der Waals surface area contributed by atoms with Gasteiger partial charge < -0.3 is 20.3 Å². The molecule has 136 valence electrons. The first-order valence-corrected chi connectivity index (χ1v) is 9.01. The van der Waals surface area contributed by atoms with Crippen LogP contribution in [0.4, 0.5) is 5.69 Å². The molecule has 0 saturated carbocycles. The number of carbonyl (C=O) groups excluding carboxylic acids is 2. The standard InChI is InChI=1S/C18H24ClN3O3/c1-11(23)21-16-8-17(25-2)14(7-15(16)19)18(24)20-9-13-10-22-5-3-12(13)4-6-22/h7-8,12-13H,3-6,9-10H2,1-2H3,(H,20,24)(H,21,23). The predicted octanol–water partition coefficient (Wildman–Crippen LogP) is 2.38. The maximum Gasteiger partial charge on any atom is 0.255 e. The summed E-state index contributed by atoms with van der Waals surface area (Å²) in [6.45, 7) is 5.49. The van der Waals surface area contributed by atoms with Crippen LogP contribution in [0.5, 0.6) is 5.75 Å². The summed E-state index contributed by atoms with van der Waals surface area (Å²) in [6, 6.07) is 3.12. The first-order chi connectivity index (χ1) is 12.0. The number of hydrogen-bond donors (Lipinski definition) is 2. The quantitative estimate of drug-likeness (QED) is 0.840. The minimum Gasteiger partial charge on any atom is -0.496 e. The van der Waals surface area contributed by atoms with E-state index in [1.807, 2.05) is 0 Å². The number of anilines is 1. The summed E-state index contributed by atoms with van der Waals surface area (Å²) in [4.78, 5) is 26.3. The van der Waals surface area contributed by atoms with E-state index in [4.69, 9.17) is 16.3 Å². The number of halogens is 1. The normalized spacial score (nSPS) is 24.7. The van der Waals surface area contributed by atoms with E-state index < -0.39 is 0 Å². The molecule has 2 N–H and O–H groups in total. The van der Waals surface area contributed by atoms with Crippen molar-refractivity contribution in [1.82, 2.24) is 10.2 Å². The van der Waals surface area contributed by atoms with Gasteiger partial charge >= 0.3 is 0 Å². The number of nitrogens with zero attached hydrogens (tertiary/aromatic N) is 1. The number of hydrogen-bond acceptors (Lipinski definition) is 4. The zero-order valence-electron chi connectivity index (χ0n) is 14.6. The van der Waals surface area contributed by atoms with Crippen molar-refractivity contribution in [2.75, 3.05) is 38.6 Å². The van der Waals surface area contributed by atoms with Crippen LogP contribution in [0.15, 0.2) is 12.1 Å². The molecule has 3 aliphatic heterocycles. The van der Waals surface area contributed by atoms with Gasteiger partial charge in [-0.15, -0.1) is 0 Å². The minimum absolute atomic E-state index is 0.204. The molecule has 3 heterocycles. The Balaban J connectivity index is 1.68. The third-order valence-corrected chi connectivity index (χ3v) is 5.47. The van der Waals surface area contributed by atoms with Crippen molar-refractivity contribution in [2.45, 2.75) is 19.8 Å². The SMILES string of the molecule is COc1cc(NC(C)=O)c(Cl)cc1C(=O)NCC1CN2CCC1CC2. The maximum absolute atomic E-state index is 12.6. The second kappa shape index (κ2) is 7.62. The molecule has 3 saturated heterocycles. The Labute approximate surface area is 152 Å². The van der Waals surface area contributed by atoms with Crippen LogP contribution in [0.1, 0.15) is 30.1 Å². The van der Waals surface area contributed by atoms with E-state index in [0.29, 0.717) is 40.4 Å². The minimum atomic E-state index is -0.233. The van der Waals surface area contributed by atoms with E-state index in [2.05, 4.69) is 15.5 Å². The molecule has 0 aliphatic carbocycles. The van der Waals surface area contributed by atoms with Gasteiger partial charge in [0.05, 0.1) is 23.4 Å². The van der Waals surface area contributed by atoms with Crippen LogP contribution >= 0.6 is 11.6 Å². The van der Waals surface area contributed by atoms with Gasteiger partial charge in [-0.3, -0.25) is 9.59 Å². The molecule has 2 bridgehead atoms. The van der Waals surface area contributed by atoms with Crippen molar-refractivity contribution in [1.29, 1.82) is 0 Å². The monoisotopic (exact) mass is 365 g/mol. The largest absolute Gasteiger partial charge is 0.496 e. The fourth-order valence-electron chi connectivity index (χ4n) is 3.82. The summed E-state index contributed by atoms with van der Waals surface area (Å²) in [7, 11) is 1.49.